The van der Waals surface area contributed by atoms with Crippen molar-refractivity contribution in [2.45, 2.75) is 233 Å². The van der Waals surface area contributed by atoms with E-state index in [0.717, 1.165) is 37.7 Å². The molecule has 5 heteroatoms. The number of phosphoric acid groups is 1. The van der Waals surface area contributed by atoms with E-state index in [9.17, 15) is 14.4 Å². The Hall–Kier alpha value is -0.830. The number of unbranched alkanes of at least 4 members (excludes halogenated alkanes) is 27. The minimum atomic E-state index is -4.62. The first-order chi connectivity index (χ1) is 22.9. The van der Waals surface area contributed by atoms with Crippen molar-refractivity contribution in [3.05, 3.63) is 28.8 Å². The van der Waals surface area contributed by atoms with E-state index in [1.54, 1.807) is 0 Å². The molecule has 0 aliphatic heterocycles. The van der Waals surface area contributed by atoms with Crippen LogP contribution in [-0.4, -0.2) is 9.79 Å². The van der Waals surface area contributed by atoms with Gasteiger partial charge in [0.1, 0.15) is 5.75 Å². The van der Waals surface area contributed by atoms with E-state index in [1.165, 1.54) is 191 Å². The monoisotopic (exact) mass is 679 g/mol. The molecule has 0 bridgehead atoms. The van der Waals surface area contributed by atoms with E-state index in [-0.39, 0.29) is 0 Å². The number of benzene rings is 1. The van der Waals surface area contributed by atoms with E-state index in [2.05, 4.69) is 26.8 Å². The molecular formula is C42H79O4P. The van der Waals surface area contributed by atoms with Crippen LogP contribution in [0.4, 0.5) is 0 Å². The number of hydrogen-bond donors (Lipinski definition) is 2. The molecule has 276 valence electrons. The van der Waals surface area contributed by atoms with Crippen molar-refractivity contribution < 1.29 is 18.9 Å². The maximum Gasteiger partial charge on any atom is 0.524 e. The molecule has 1 aromatic carbocycles. The lowest BCUT2D eigenvalue weighted by molar-refractivity contribution is 0.282. The molecule has 0 unspecified atom stereocenters. The summed E-state index contributed by atoms with van der Waals surface area (Å²) < 4.78 is 17.3. The van der Waals surface area contributed by atoms with Crippen LogP contribution in [0.1, 0.15) is 230 Å². The maximum atomic E-state index is 12.0. The SMILES string of the molecule is CCCCCCCCCCCCc1ccc(OP(=O)(O)O)c(CCCCCCCCCCCC)c1CCCCCCCCCCCC. The predicted octanol–water partition coefficient (Wildman–Crippen LogP) is 14.5. The third-order valence-electron chi connectivity index (χ3n) is 10.1. The van der Waals surface area contributed by atoms with Gasteiger partial charge in [0.25, 0.3) is 0 Å². The molecule has 47 heavy (non-hydrogen) atoms. The van der Waals surface area contributed by atoms with Crippen molar-refractivity contribution in [1.82, 2.24) is 0 Å². The Labute approximate surface area is 293 Å². The van der Waals surface area contributed by atoms with Crippen LogP contribution in [0.2, 0.25) is 0 Å². The van der Waals surface area contributed by atoms with Gasteiger partial charge in [0, 0.05) is 0 Å². The van der Waals surface area contributed by atoms with Crippen LogP contribution < -0.4 is 4.52 Å². The van der Waals surface area contributed by atoms with Gasteiger partial charge in [-0.05, 0) is 61.3 Å². The van der Waals surface area contributed by atoms with Crippen molar-refractivity contribution >= 4 is 7.82 Å². The first-order valence-electron chi connectivity index (χ1n) is 20.8. The van der Waals surface area contributed by atoms with Crippen LogP contribution in [-0.2, 0) is 23.8 Å². The molecule has 4 nitrogen and oxygen atoms in total. The number of hydrogen-bond acceptors (Lipinski definition) is 2. The molecule has 0 aliphatic carbocycles. The highest BCUT2D eigenvalue weighted by Crippen LogP contribution is 2.41. The summed E-state index contributed by atoms with van der Waals surface area (Å²) in [4.78, 5) is 19.5. The van der Waals surface area contributed by atoms with Crippen molar-refractivity contribution in [2.24, 2.45) is 0 Å². The summed E-state index contributed by atoms with van der Waals surface area (Å²) in [5, 5.41) is 0. The van der Waals surface area contributed by atoms with E-state index in [1.807, 2.05) is 6.07 Å². The zero-order chi connectivity index (χ0) is 34.3. The highest BCUT2D eigenvalue weighted by Gasteiger charge is 2.21. The van der Waals surface area contributed by atoms with Crippen LogP contribution in [0.25, 0.3) is 0 Å². The lowest BCUT2D eigenvalue weighted by Crippen LogP contribution is -2.05. The molecular weight excluding hydrogens is 599 g/mol. The highest BCUT2D eigenvalue weighted by molar-refractivity contribution is 7.46. The topological polar surface area (TPSA) is 66.8 Å². The third kappa shape index (κ3) is 25.8. The Bertz CT molecular complexity index is 880. The van der Waals surface area contributed by atoms with Gasteiger partial charge in [-0.15, -0.1) is 0 Å². The Morgan fingerprint density at radius 3 is 1.06 bits per heavy atom. The molecule has 0 saturated carbocycles. The molecule has 2 N–H and O–H groups in total. The molecule has 0 heterocycles. The Morgan fingerprint density at radius 1 is 0.426 bits per heavy atom. The maximum absolute atomic E-state index is 12.0. The smallest absolute Gasteiger partial charge is 0.404 e. The summed E-state index contributed by atoms with van der Waals surface area (Å²) in [5.74, 6) is 0.420. The zero-order valence-electron chi connectivity index (χ0n) is 31.6. The fraction of sp³-hybridized carbons (Fsp3) is 0.857. The fourth-order valence-electron chi connectivity index (χ4n) is 7.13. The van der Waals surface area contributed by atoms with Crippen molar-refractivity contribution in [1.29, 1.82) is 0 Å². The minimum Gasteiger partial charge on any atom is -0.404 e. The minimum absolute atomic E-state index is 0.420. The van der Waals surface area contributed by atoms with Crippen LogP contribution in [0.3, 0.4) is 0 Å². The lowest BCUT2D eigenvalue weighted by Gasteiger charge is -2.20. The van der Waals surface area contributed by atoms with Gasteiger partial charge in [0.15, 0.2) is 0 Å². The van der Waals surface area contributed by atoms with Gasteiger partial charge in [0.05, 0.1) is 0 Å². The molecule has 0 amide bonds. The summed E-state index contributed by atoms with van der Waals surface area (Å²) in [6.45, 7) is 6.83. The van der Waals surface area contributed by atoms with Gasteiger partial charge in [-0.2, -0.15) is 0 Å². The van der Waals surface area contributed by atoms with Gasteiger partial charge >= 0.3 is 7.82 Å². The number of rotatable bonds is 35. The second-order valence-electron chi connectivity index (χ2n) is 14.6. The second kappa shape index (κ2) is 31.2. The van der Waals surface area contributed by atoms with Crippen molar-refractivity contribution in [2.75, 3.05) is 0 Å². The molecule has 0 fully saturated rings. The summed E-state index contributed by atoms with van der Waals surface area (Å²) in [7, 11) is -4.62. The van der Waals surface area contributed by atoms with Gasteiger partial charge in [0.2, 0.25) is 0 Å². The summed E-state index contributed by atoms with van der Waals surface area (Å²) in [6.07, 6.45) is 42.2. The quantitative estimate of drug-likeness (QED) is 0.0554. The summed E-state index contributed by atoms with van der Waals surface area (Å²) in [5.41, 5.74) is 3.80. The lowest BCUT2D eigenvalue weighted by atomic mass is 9.89. The van der Waals surface area contributed by atoms with E-state index in [4.69, 9.17) is 4.52 Å². The van der Waals surface area contributed by atoms with Crippen LogP contribution in [0.5, 0.6) is 5.75 Å². The van der Waals surface area contributed by atoms with Gasteiger partial charge in [-0.25, -0.2) is 4.57 Å². The second-order valence-corrected chi connectivity index (χ2v) is 15.7. The highest BCUT2D eigenvalue weighted by atomic mass is 31.2. The first kappa shape index (κ1) is 44.2. The molecule has 0 aliphatic rings. The van der Waals surface area contributed by atoms with Gasteiger partial charge in [-0.3, -0.25) is 9.79 Å². The van der Waals surface area contributed by atoms with E-state index < -0.39 is 7.82 Å². The van der Waals surface area contributed by atoms with E-state index >= 15 is 0 Å². The van der Waals surface area contributed by atoms with Crippen molar-refractivity contribution in [3.8, 4) is 5.75 Å². The predicted molar refractivity (Wildman–Crippen MR) is 206 cm³/mol. The third-order valence-corrected chi connectivity index (χ3v) is 10.5. The van der Waals surface area contributed by atoms with Gasteiger partial charge in [-0.1, -0.05) is 200 Å². The fourth-order valence-corrected chi connectivity index (χ4v) is 7.56. The Kier molecular flexibility index (Phi) is 29.3. The number of phosphoric ester groups is 1. The van der Waals surface area contributed by atoms with Crippen molar-refractivity contribution in [3.63, 3.8) is 0 Å². The van der Waals surface area contributed by atoms with Crippen LogP contribution in [0, 0.1) is 0 Å². The molecule has 0 atom stereocenters. The van der Waals surface area contributed by atoms with Crippen LogP contribution >= 0.6 is 7.82 Å². The molecule has 0 saturated heterocycles. The average Bonchev–Trinajstić information content (AvgIpc) is 3.04. The normalized spacial score (nSPS) is 11.9. The Morgan fingerprint density at radius 2 is 0.723 bits per heavy atom. The van der Waals surface area contributed by atoms with Gasteiger partial charge < -0.3 is 4.52 Å². The molecule has 0 spiro atoms. The molecule has 0 radical (unpaired) electrons. The van der Waals surface area contributed by atoms with Crippen LogP contribution in [0.15, 0.2) is 12.1 Å². The molecule has 1 rings (SSSR count). The van der Waals surface area contributed by atoms with E-state index in [0.29, 0.717) is 5.75 Å². The summed E-state index contributed by atoms with van der Waals surface area (Å²) in [6, 6.07) is 3.98. The first-order valence-corrected chi connectivity index (χ1v) is 22.3. The molecule has 1 aromatic rings. The zero-order valence-corrected chi connectivity index (χ0v) is 32.5. The summed E-state index contributed by atoms with van der Waals surface area (Å²) >= 11 is 0. The largest absolute Gasteiger partial charge is 0.524 e. The number of aryl methyl sites for hydroxylation is 1. The molecule has 0 aromatic heterocycles. The average molecular weight is 679 g/mol. The standard InChI is InChI=1S/C42H79O4P/c1-4-7-10-13-16-19-22-25-28-31-34-39-37-38-42(46-47(43,44)45)41(36-33-30-27-24-21-18-15-12-9-6-3)40(39)35-32-29-26-23-20-17-14-11-8-5-2/h37-38H,4-36H2,1-3H3,(H2,43,44,45). The Balaban J connectivity index is 2.77.